The molecule has 0 heterocycles. The van der Waals surface area contributed by atoms with Crippen LogP contribution in [0, 0.1) is 5.82 Å². The molecule has 0 aliphatic heterocycles. The minimum Gasteiger partial charge on any atom is -0.397 e. The summed E-state index contributed by atoms with van der Waals surface area (Å²) in [6.07, 6.45) is 0. The number of hydrogen-bond acceptors (Lipinski definition) is 3. The summed E-state index contributed by atoms with van der Waals surface area (Å²) in [5, 5.41) is 3.04. The second-order valence-corrected chi connectivity index (χ2v) is 4.77. The molecule has 0 spiro atoms. The summed E-state index contributed by atoms with van der Waals surface area (Å²) in [5.74, 6) is -0.879. The van der Waals surface area contributed by atoms with Gasteiger partial charge in [-0.2, -0.15) is 0 Å². The zero-order chi connectivity index (χ0) is 14.0. The SMILES string of the molecule is NC(=O)c1ccc(Nc2ccc(F)cc2Br)c(N)c1. The number of benzene rings is 2. The number of nitrogens with two attached hydrogens (primary N) is 2. The van der Waals surface area contributed by atoms with Gasteiger partial charge in [-0.05, 0) is 52.3 Å². The Hall–Kier alpha value is -2.08. The molecule has 19 heavy (non-hydrogen) atoms. The lowest BCUT2D eigenvalue weighted by atomic mass is 10.1. The summed E-state index contributed by atoms with van der Waals surface area (Å²) in [6, 6.07) is 8.96. The highest BCUT2D eigenvalue weighted by molar-refractivity contribution is 9.10. The molecule has 2 aromatic carbocycles. The maximum atomic E-state index is 13.0. The fraction of sp³-hybridized carbons (Fsp3) is 0. The van der Waals surface area contributed by atoms with Crippen LogP contribution in [0.3, 0.4) is 0 Å². The highest BCUT2D eigenvalue weighted by Crippen LogP contribution is 2.29. The van der Waals surface area contributed by atoms with E-state index in [1.54, 1.807) is 18.2 Å². The Morgan fingerprint density at radius 2 is 1.84 bits per heavy atom. The second-order valence-electron chi connectivity index (χ2n) is 3.92. The summed E-state index contributed by atoms with van der Waals surface area (Å²) in [7, 11) is 0. The van der Waals surface area contributed by atoms with Crippen LogP contribution in [-0.4, -0.2) is 5.91 Å². The quantitative estimate of drug-likeness (QED) is 0.759. The predicted octanol–water partition coefficient (Wildman–Crippen LogP) is 3.01. The Labute approximate surface area is 117 Å². The minimum atomic E-state index is -0.541. The normalized spacial score (nSPS) is 10.2. The molecular formula is C13H11BrFN3O. The van der Waals surface area contributed by atoms with Crippen LogP contribution in [0.25, 0.3) is 0 Å². The van der Waals surface area contributed by atoms with Gasteiger partial charge in [0.15, 0.2) is 0 Å². The molecule has 2 aromatic rings. The van der Waals surface area contributed by atoms with E-state index in [-0.39, 0.29) is 5.82 Å². The maximum Gasteiger partial charge on any atom is 0.248 e. The van der Waals surface area contributed by atoms with E-state index in [4.69, 9.17) is 11.5 Å². The summed E-state index contributed by atoms with van der Waals surface area (Å²) in [5.41, 5.74) is 13.0. The monoisotopic (exact) mass is 323 g/mol. The Morgan fingerprint density at radius 1 is 1.16 bits per heavy atom. The van der Waals surface area contributed by atoms with E-state index in [1.807, 2.05) is 0 Å². The number of carbonyl (C=O) groups is 1. The van der Waals surface area contributed by atoms with Gasteiger partial charge < -0.3 is 16.8 Å². The van der Waals surface area contributed by atoms with Crippen LogP contribution in [-0.2, 0) is 0 Å². The van der Waals surface area contributed by atoms with E-state index in [0.29, 0.717) is 27.1 Å². The van der Waals surface area contributed by atoms with Crippen LogP contribution < -0.4 is 16.8 Å². The fourth-order valence-corrected chi connectivity index (χ4v) is 2.02. The summed E-state index contributed by atoms with van der Waals surface area (Å²) in [4.78, 5) is 11.0. The van der Waals surface area contributed by atoms with E-state index in [1.165, 1.54) is 18.2 Å². The Morgan fingerprint density at radius 3 is 2.42 bits per heavy atom. The Balaban J connectivity index is 2.31. The van der Waals surface area contributed by atoms with Gasteiger partial charge in [0.25, 0.3) is 0 Å². The number of amides is 1. The van der Waals surface area contributed by atoms with Crippen molar-refractivity contribution >= 4 is 38.9 Å². The fourth-order valence-electron chi connectivity index (χ4n) is 1.57. The molecule has 0 bridgehead atoms. The molecule has 1 amide bonds. The van der Waals surface area contributed by atoms with Gasteiger partial charge >= 0.3 is 0 Å². The summed E-state index contributed by atoms with van der Waals surface area (Å²) in [6.45, 7) is 0. The Kier molecular flexibility index (Phi) is 3.71. The summed E-state index contributed by atoms with van der Waals surface area (Å²) >= 11 is 3.25. The zero-order valence-corrected chi connectivity index (χ0v) is 11.4. The molecule has 0 radical (unpaired) electrons. The second kappa shape index (κ2) is 5.27. The average Bonchev–Trinajstić information content (AvgIpc) is 2.34. The Bertz CT molecular complexity index is 646. The summed E-state index contributed by atoms with van der Waals surface area (Å²) < 4.78 is 13.5. The zero-order valence-electron chi connectivity index (χ0n) is 9.78. The van der Waals surface area contributed by atoms with Gasteiger partial charge in [-0.1, -0.05) is 0 Å². The largest absolute Gasteiger partial charge is 0.397 e. The van der Waals surface area contributed by atoms with Gasteiger partial charge in [0.1, 0.15) is 5.82 Å². The van der Waals surface area contributed by atoms with E-state index in [0.717, 1.165) is 0 Å². The number of nitrogens with one attached hydrogen (secondary N) is 1. The molecule has 0 saturated heterocycles. The molecule has 0 atom stereocenters. The lowest BCUT2D eigenvalue weighted by Gasteiger charge is -2.11. The average molecular weight is 324 g/mol. The standard InChI is InChI=1S/C13H11BrFN3O/c14-9-6-8(15)2-4-11(9)18-12-3-1-7(13(17)19)5-10(12)16/h1-6,18H,16H2,(H2,17,19). The first-order valence-electron chi connectivity index (χ1n) is 5.39. The number of primary amides is 1. The van der Waals surface area contributed by atoms with Crippen LogP contribution in [0.2, 0.25) is 0 Å². The number of nitrogen functional groups attached to an aromatic ring is 1. The topological polar surface area (TPSA) is 81.1 Å². The van der Waals surface area contributed by atoms with E-state index < -0.39 is 5.91 Å². The molecule has 2 rings (SSSR count). The third kappa shape index (κ3) is 3.03. The van der Waals surface area contributed by atoms with Crippen molar-refractivity contribution in [1.82, 2.24) is 0 Å². The first kappa shape index (κ1) is 13.4. The van der Waals surface area contributed by atoms with Gasteiger partial charge in [0, 0.05) is 10.0 Å². The van der Waals surface area contributed by atoms with E-state index in [9.17, 15) is 9.18 Å². The molecule has 98 valence electrons. The van der Waals surface area contributed by atoms with Crippen LogP contribution in [0.15, 0.2) is 40.9 Å². The minimum absolute atomic E-state index is 0.334. The number of anilines is 3. The smallest absolute Gasteiger partial charge is 0.248 e. The van der Waals surface area contributed by atoms with Crippen molar-refractivity contribution in [2.24, 2.45) is 5.73 Å². The van der Waals surface area contributed by atoms with Gasteiger partial charge in [-0.25, -0.2) is 4.39 Å². The molecule has 5 N–H and O–H groups in total. The van der Waals surface area contributed by atoms with Crippen molar-refractivity contribution in [2.75, 3.05) is 11.1 Å². The van der Waals surface area contributed by atoms with Crippen LogP contribution in [0.4, 0.5) is 21.5 Å². The molecule has 0 aliphatic carbocycles. The van der Waals surface area contributed by atoms with Crippen LogP contribution in [0.5, 0.6) is 0 Å². The van der Waals surface area contributed by atoms with Crippen LogP contribution in [0.1, 0.15) is 10.4 Å². The molecule has 6 heteroatoms. The van der Waals surface area contributed by atoms with Crippen molar-refractivity contribution in [3.05, 3.63) is 52.3 Å². The van der Waals surface area contributed by atoms with Crippen molar-refractivity contribution in [3.8, 4) is 0 Å². The van der Waals surface area contributed by atoms with E-state index in [2.05, 4.69) is 21.2 Å². The highest BCUT2D eigenvalue weighted by Gasteiger charge is 2.07. The highest BCUT2D eigenvalue weighted by atomic mass is 79.9. The molecule has 0 saturated carbocycles. The maximum absolute atomic E-state index is 13.0. The molecular weight excluding hydrogens is 313 g/mol. The van der Waals surface area contributed by atoms with E-state index >= 15 is 0 Å². The van der Waals surface area contributed by atoms with Crippen molar-refractivity contribution in [1.29, 1.82) is 0 Å². The van der Waals surface area contributed by atoms with Gasteiger partial charge in [0.2, 0.25) is 5.91 Å². The lowest BCUT2D eigenvalue weighted by Crippen LogP contribution is -2.11. The number of halogens is 2. The van der Waals surface area contributed by atoms with Gasteiger partial charge in [-0.15, -0.1) is 0 Å². The third-order valence-corrected chi connectivity index (χ3v) is 3.19. The molecule has 0 fully saturated rings. The van der Waals surface area contributed by atoms with Gasteiger partial charge in [-0.3, -0.25) is 4.79 Å². The van der Waals surface area contributed by atoms with Crippen molar-refractivity contribution < 1.29 is 9.18 Å². The molecule has 0 unspecified atom stereocenters. The lowest BCUT2D eigenvalue weighted by molar-refractivity contribution is 0.100. The number of rotatable bonds is 3. The first-order valence-corrected chi connectivity index (χ1v) is 6.18. The first-order chi connectivity index (χ1) is 8.97. The predicted molar refractivity (Wildman–Crippen MR) is 76.8 cm³/mol. The molecule has 0 aromatic heterocycles. The van der Waals surface area contributed by atoms with Crippen molar-refractivity contribution in [3.63, 3.8) is 0 Å². The number of carbonyl (C=O) groups excluding carboxylic acids is 1. The van der Waals surface area contributed by atoms with Gasteiger partial charge in [0.05, 0.1) is 17.1 Å². The third-order valence-electron chi connectivity index (χ3n) is 2.54. The van der Waals surface area contributed by atoms with Crippen LogP contribution >= 0.6 is 15.9 Å². The molecule has 0 aliphatic rings. The number of hydrogen-bond donors (Lipinski definition) is 3. The molecule has 4 nitrogen and oxygen atoms in total. The van der Waals surface area contributed by atoms with Crippen molar-refractivity contribution in [2.45, 2.75) is 0 Å².